The number of aromatic hydroxyl groups is 1. The molecule has 8 heteroatoms. The Morgan fingerprint density at radius 3 is 2.82 bits per heavy atom. The van der Waals surface area contributed by atoms with E-state index in [0.717, 1.165) is 6.42 Å². The van der Waals surface area contributed by atoms with Gasteiger partial charge >= 0.3 is 6.09 Å². The van der Waals surface area contributed by atoms with Crippen LogP contribution in [0, 0.1) is 5.41 Å². The number of amides is 1. The lowest BCUT2D eigenvalue weighted by Gasteiger charge is -2.17. The Morgan fingerprint density at radius 2 is 2.23 bits per heavy atom. The van der Waals surface area contributed by atoms with Crippen molar-refractivity contribution >= 4 is 6.09 Å². The highest BCUT2D eigenvalue weighted by atomic mass is 16.6. The summed E-state index contributed by atoms with van der Waals surface area (Å²) in [4.78, 5) is 19.5. The summed E-state index contributed by atoms with van der Waals surface area (Å²) in [6.07, 6.45) is 4.57. The SMILES string of the molecule is CC(C)(C)CCNC(=O)Oc1cnc(-n2cccn2)nc1O. The van der Waals surface area contributed by atoms with Gasteiger partial charge in [-0.3, -0.25) is 0 Å². The molecular formula is C14H19N5O3. The Morgan fingerprint density at radius 1 is 1.45 bits per heavy atom. The van der Waals surface area contributed by atoms with Gasteiger partial charge in [0.25, 0.3) is 11.8 Å². The summed E-state index contributed by atoms with van der Waals surface area (Å²) >= 11 is 0. The predicted molar refractivity (Wildman–Crippen MR) is 78.9 cm³/mol. The first-order chi connectivity index (χ1) is 10.3. The van der Waals surface area contributed by atoms with Gasteiger partial charge in [-0.15, -0.1) is 0 Å². The van der Waals surface area contributed by atoms with Crippen molar-refractivity contribution in [2.45, 2.75) is 27.2 Å². The van der Waals surface area contributed by atoms with Crippen molar-refractivity contribution in [3.8, 4) is 17.6 Å². The van der Waals surface area contributed by atoms with E-state index in [2.05, 4.69) is 41.2 Å². The summed E-state index contributed by atoms with van der Waals surface area (Å²) in [5.41, 5.74) is 0.115. The molecule has 2 aromatic rings. The number of hydrogen-bond donors (Lipinski definition) is 2. The maximum atomic E-state index is 11.6. The van der Waals surface area contributed by atoms with E-state index < -0.39 is 12.0 Å². The van der Waals surface area contributed by atoms with Crippen LogP contribution in [0.25, 0.3) is 5.95 Å². The Hall–Kier alpha value is -2.64. The van der Waals surface area contributed by atoms with E-state index in [0.29, 0.717) is 6.54 Å². The van der Waals surface area contributed by atoms with E-state index in [-0.39, 0.29) is 17.1 Å². The lowest BCUT2D eigenvalue weighted by atomic mass is 9.92. The number of carbonyl (C=O) groups is 1. The molecule has 0 aliphatic heterocycles. The van der Waals surface area contributed by atoms with Crippen LogP contribution in [0.5, 0.6) is 11.6 Å². The number of carbonyl (C=O) groups excluding carboxylic acids is 1. The molecule has 0 saturated heterocycles. The second-order valence-corrected chi connectivity index (χ2v) is 5.94. The lowest BCUT2D eigenvalue weighted by Crippen LogP contribution is -2.30. The molecule has 2 heterocycles. The fourth-order valence-electron chi connectivity index (χ4n) is 1.60. The van der Waals surface area contributed by atoms with Gasteiger partial charge in [-0.2, -0.15) is 10.1 Å². The molecule has 0 aromatic carbocycles. The molecule has 22 heavy (non-hydrogen) atoms. The van der Waals surface area contributed by atoms with Crippen LogP contribution in [-0.4, -0.2) is 37.5 Å². The maximum Gasteiger partial charge on any atom is 0.412 e. The number of rotatable bonds is 4. The van der Waals surface area contributed by atoms with E-state index in [1.165, 1.54) is 10.9 Å². The number of nitrogens with one attached hydrogen (secondary N) is 1. The molecule has 0 aliphatic carbocycles. The van der Waals surface area contributed by atoms with Gasteiger partial charge in [0.1, 0.15) is 0 Å². The summed E-state index contributed by atoms with van der Waals surface area (Å²) in [6.45, 7) is 6.71. The molecule has 2 N–H and O–H groups in total. The van der Waals surface area contributed by atoms with Crippen molar-refractivity contribution in [3.63, 3.8) is 0 Å². The monoisotopic (exact) mass is 305 g/mol. The zero-order chi connectivity index (χ0) is 16.2. The van der Waals surface area contributed by atoms with Crippen molar-refractivity contribution in [2.75, 3.05) is 6.54 Å². The Kier molecular flexibility index (Phi) is 4.59. The van der Waals surface area contributed by atoms with Gasteiger partial charge in [0, 0.05) is 18.9 Å². The second kappa shape index (κ2) is 6.42. The Labute approximate surface area is 128 Å². The summed E-state index contributed by atoms with van der Waals surface area (Å²) in [6, 6.07) is 1.70. The highest BCUT2D eigenvalue weighted by Crippen LogP contribution is 2.22. The zero-order valence-electron chi connectivity index (χ0n) is 12.8. The highest BCUT2D eigenvalue weighted by Gasteiger charge is 2.14. The second-order valence-electron chi connectivity index (χ2n) is 5.94. The first kappa shape index (κ1) is 15.7. The molecule has 0 aliphatic rings. The number of ether oxygens (including phenoxy) is 1. The van der Waals surface area contributed by atoms with Crippen molar-refractivity contribution in [3.05, 3.63) is 24.7 Å². The molecule has 0 saturated carbocycles. The van der Waals surface area contributed by atoms with Gasteiger partial charge in [-0.05, 0) is 17.9 Å². The van der Waals surface area contributed by atoms with Crippen molar-refractivity contribution in [2.24, 2.45) is 5.41 Å². The van der Waals surface area contributed by atoms with Crippen LogP contribution in [0.4, 0.5) is 4.79 Å². The molecule has 1 amide bonds. The van der Waals surface area contributed by atoms with Gasteiger partial charge < -0.3 is 15.2 Å². The molecular weight excluding hydrogens is 286 g/mol. The normalized spacial score (nSPS) is 11.2. The molecule has 0 radical (unpaired) electrons. The van der Waals surface area contributed by atoms with Crippen LogP contribution in [0.1, 0.15) is 27.2 Å². The number of hydrogen-bond acceptors (Lipinski definition) is 6. The molecule has 0 atom stereocenters. The third-order valence-electron chi connectivity index (χ3n) is 2.78. The first-order valence-electron chi connectivity index (χ1n) is 6.87. The number of aromatic nitrogens is 4. The molecule has 2 rings (SSSR count). The minimum absolute atomic E-state index is 0.107. The minimum atomic E-state index is -0.657. The van der Waals surface area contributed by atoms with E-state index in [1.54, 1.807) is 18.5 Å². The summed E-state index contributed by atoms with van der Waals surface area (Å²) < 4.78 is 6.36. The highest BCUT2D eigenvalue weighted by molar-refractivity contribution is 5.70. The average molecular weight is 305 g/mol. The summed E-state index contributed by atoms with van der Waals surface area (Å²) in [5.74, 6) is -0.348. The first-order valence-corrected chi connectivity index (χ1v) is 6.87. The van der Waals surface area contributed by atoms with Crippen LogP contribution in [0.3, 0.4) is 0 Å². The number of nitrogens with zero attached hydrogens (tertiary/aromatic N) is 4. The van der Waals surface area contributed by atoms with Gasteiger partial charge in [-0.25, -0.2) is 14.5 Å². The molecule has 0 fully saturated rings. The van der Waals surface area contributed by atoms with Crippen LogP contribution < -0.4 is 10.1 Å². The van der Waals surface area contributed by atoms with Crippen molar-refractivity contribution in [1.29, 1.82) is 0 Å². The largest absolute Gasteiger partial charge is 0.491 e. The van der Waals surface area contributed by atoms with Gasteiger partial charge in [0.15, 0.2) is 0 Å². The van der Waals surface area contributed by atoms with Gasteiger partial charge in [0.05, 0.1) is 6.20 Å². The average Bonchev–Trinajstić information content (AvgIpc) is 2.93. The van der Waals surface area contributed by atoms with Crippen molar-refractivity contribution < 1.29 is 14.6 Å². The molecule has 0 spiro atoms. The Bertz CT molecular complexity index is 634. The van der Waals surface area contributed by atoms with Crippen LogP contribution in [-0.2, 0) is 0 Å². The predicted octanol–water partition coefficient (Wildman–Crippen LogP) is 1.89. The topological polar surface area (TPSA) is 102 Å². The van der Waals surface area contributed by atoms with Crippen LogP contribution in [0.2, 0.25) is 0 Å². The summed E-state index contributed by atoms with van der Waals surface area (Å²) in [7, 11) is 0. The fraction of sp³-hybridized carbons (Fsp3) is 0.429. The molecule has 0 bridgehead atoms. The fourth-order valence-corrected chi connectivity index (χ4v) is 1.60. The Balaban J connectivity index is 1.94. The third kappa shape index (κ3) is 4.44. The van der Waals surface area contributed by atoms with E-state index in [4.69, 9.17) is 4.74 Å². The minimum Gasteiger partial charge on any atom is -0.491 e. The maximum absolute atomic E-state index is 11.6. The van der Waals surface area contributed by atoms with Crippen LogP contribution in [0.15, 0.2) is 24.7 Å². The molecule has 8 nitrogen and oxygen atoms in total. The molecule has 0 unspecified atom stereocenters. The third-order valence-corrected chi connectivity index (χ3v) is 2.78. The van der Waals surface area contributed by atoms with Gasteiger partial charge in [0.2, 0.25) is 5.75 Å². The van der Waals surface area contributed by atoms with E-state index in [1.807, 2.05) is 0 Å². The lowest BCUT2D eigenvalue weighted by molar-refractivity contribution is 0.196. The van der Waals surface area contributed by atoms with Crippen LogP contribution >= 0.6 is 0 Å². The molecule has 2 aromatic heterocycles. The van der Waals surface area contributed by atoms with Crippen molar-refractivity contribution in [1.82, 2.24) is 25.1 Å². The smallest absolute Gasteiger partial charge is 0.412 e. The van der Waals surface area contributed by atoms with E-state index in [9.17, 15) is 9.90 Å². The van der Waals surface area contributed by atoms with Gasteiger partial charge in [-0.1, -0.05) is 20.8 Å². The zero-order valence-corrected chi connectivity index (χ0v) is 12.8. The van der Waals surface area contributed by atoms with E-state index >= 15 is 0 Å². The quantitative estimate of drug-likeness (QED) is 0.894. The standard InChI is InChI=1S/C14H19N5O3/c1-14(2,3)5-7-15-13(21)22-10-9-16-12(18-11(10)20)19-8-4-6-17-19/h4,6,8-9H,5,7H2,1-3H3,(H,15,21)(H,16,18,20). The summed E-state index contributed by atoms with van der Waals surface area (Å²) in [5, 5.41) is 16.4. The molecule has 118 valence electrons.